The van der Waals surface area contributed by atoms with Crippen molar-refractivity contribution in [2.75, 3.05) is 11.4 Å². The van der Waals surface area contributed by atoms with Crippen molar-refractivity contribution >= 4 is 27.4 Å². The highest BCUT2D eigenvalue weighted by molar-refractivity contribution is 7.17. The molecule has 3 nitrogen and oxygen atoms in total. The molecule has 1 atom stereocenters. The number of halogens is 3. The van der Waals surface area contributed by atoms with Crippen molar-refractivity contribution in [2.45, 2.75) is 25.1 Å². The van der Waals surface area contributed by atoms with Gasteiger partial charge in [-0.25, -0.2) is 9.97 Å². The van der Waals surface area contributed by atoms with Crippen molar-refractivity contribution in [3.63, 3.8) is 0 Å². The SMILES string of the molecule is FC(F)(F)c1ccccc1C1CCCN1c1ncnc2ccsc12. The molecule has 1 aromatic carbocycles. The summed E-state index contributed by atoms with van der Waals surface area (Å²) in [5.74, 6) is 0.731. The highest BCUT2D eigenvalue weighted by Gasteiger charge is 2.38. The molecular weight excluding hydrogens is 335 g/mol. The summed E-state index contributed by atoms with van der Waals surface area (Å²) in [5, 5.41) is 1.93. The predicted molar refractivity (Wildman–Crippen MR) is 88.2 cm³/mol. The van der Waals surface area contributed by atoms with Gasteiger partial charge in [0.1, 0.15) is 6.33 Å². The van der Waals surface area contributed by atoms with E-state index in [0.29, 0.717) is 18.5 Å². The number of aromatic nitrogens is 2. The molecule has 24 heavy (non-hydrogen) atoms. The van der Waals surface area contributed by atoms with Gasteiger partial charge in [0.25, 0.3) is 0 Å². The van der Waals surface area contributed by atoms with Crippen molar-refractivity contribution in [1.82, 2.24) is 9.97 Å². The van der Waals surface area contributed by atoms with Crippen LogP contribution in [0.4, 0.5) is 19.0 Å². The summed E-state index contributed by atoms with van der Waals surface area (Å²) in [6.07, 6.45) is -1.35. The Bertz CT molecular complexity index is 875. The lowest BCUT2D eigenvalue weighted by Gasteiger charge is -2.28. The fourth-order valence-corrected chi connectivity index (χ4v) is 4.22. The number of rotatable bonds is 2. The first-order valence-electron chi connectivity index (χ1n) is 7.66. The number of nitrogens with zero attached hydrogens (tertiary/aromatic N) is 3. The van der Waals surface area contributed by atoms with Crippen LogP contribution >= 0.6 is 11.3 Å². The minimum Gasteiger partial charge on any atom is -0.348 e. The maximum Gasteiger partial charge on any atom is 0.416 e. The topological polar surface area (TPSA) is 29.0 Å². The Morgan fingerprint density at radius 1 is 1.12 bits per heavy atom. The maximum absolute atomic E-state index is 13.4. The van der Waals surface area contributed by atoms with Crippen LogP contribution in [0.25, 0.3) is 10.2 Å². The number of thiophene rings is 1. The summed E-state index contributed by atoms with van der Waals surface area (Å²) >= 11 is 1.52. The molecule has 2 aromatic heterocycles. The minimum atomic E-state index is -4.35. The van der Waals surface area contributed by atoms with E-state index in [1.54, 1.807) is 12.1 Å². The molecule has 0 bridgehead atoms. The average Bonchev–Trinajstić information content (AvgIpc) is 3.22. The van der Waals surface area contributed by atoms with E-state index in [9.17, 15) is 13.2 Å². The highest BCUT2D eigenvalue weighted by Crippen LogP contribution is 2.43. The first-order chi connectivity index (χ1) is 11.6. The number of anilines is 1. The first-order valence-corrected chi connectivity index (χ1v) is 8.54. The second-order valence-electron chi connectivity index (χ2n) is 5.77. The predicted octanol–water partition coefficient (Wildman–Crippen LogP) is 5.05. The van der Waals surface area contributed by atoms with E-state index in [4.69, 9.17) is 0 Å². The summed E-state index contributed by atoms with van der Waals surface area (Å²) in [4.78, 5) is 10.6. The molecule has 0 N–H and O–H groups in total. The summed E-state index contributed by atoms with van der Waals surface area (Å²) in [5.41, 5.74) is 0.601. The van der Waals surface area contributed by atoms with Crippen LogP contribution in [-0.2, 0) is 6.18 Å². The van der Waals surface area contributed by atoms with E-state index in [2.05, 4.69) is 9.97 Å². The van der Waals surface area contributed by atoms with Crippen molar-refractivity contribution in [3.8, 4) is 0 Å². The van der Waals surface area contributed by atoms with Gasteiger partial charge in [-0.1, -0.05) is 18.2 Å². The Morgan fingerprint density at radius 3 is 2.79 bits per heavy atom. The molecule has 1 aliphatic rings. The van der Waals surface area contributed by atoms with E-state index in [-0.39, 0.29) is 6.04 Å². The Hall–Kier alpha value is -2.15. The van der Waals surface area contributed by atoms with Crippen LogP contribution in [0.3, 0.4) is 0 Å². The summed E-state index contributed by atoms with van der Waals surface area (Å²) < 4.78 is 41.1. The van der Waals surface area contributed by atoms with E-state index < -0.39 is 11.7 Å². The molecule has 1 unspecified atom stereocenters. The van der Waals surface area contributed by atoms with Crippen LogP contribution in [0.15, 0.2) is 42.0 Å². The lowest BCUT2D eigenvalue weighted by atomic mass is 9.98. The molecule has 1 fully saturated rings. The summed E-state index contributed by atoms with van der Waals surface area (Å²) in [6.45, 7) is 0.695. The molecule has 7 heteroatoms. The first kappa shape index (κ1) is 15.4. The van der Waals surface area contributed by atoms with Gasteiger partial charge in [0, 0.05) is 6.54 Å². The van der Waals surface area contributed by atoms with Gasteiger partial charge in [-0.3, -0.25) is 0 Å². The average molecular weight is 349 g/mol. The standard InChI is InChI=1S/C17H14F3N3S/c18-17(19,20)12-5-2-1-4-11(12)14-6-3-8-23(14)16-15-13(7-9-24-15)21-10-22-16/h1-2,4-5,7,9-10,14H,3,6,8H2. The highest BCUT2D eigenvalue weighted by atomic mass is 32.1. The second-order valence-corrected chi connectivity index (χ2v) is 6.68. The van der Waals surface area contributed by atoms with Crippen molar-refractivity contribution in [2.24, 2.45) is 0 Å². The molecule has 124 valence electrons. The third kappa shape index (κ3) is 2.53. The zero-order valence-electron chi connectivity index (χ0n) is 12.6. The normalized spacial score (nSPS) is 18.5. The van der Waals surface area contributed by atoms with Crippen LogP contribution in [0, 0.1) is 0 Å². The fourth-order valence-electron chi connectivity index (χ4n) is 3.37. The number of hydrogen-bond donors (Lipinski definition) is 0. The number of hydrogen-bond acceptors (Lipinski definition) is 4. The van der Waals surface area contributed by atoms with Crippen molar-refractivity contribution in [3.05, 3.63) is 53.2 Å². The van der Waals surface area contributed by atoms with Crippen LogP contribution in [0.2, 0.25) is 0 Å². The third-order valence-corrected chi connectivity index (χ3v) is 5.27. The van der Waals surface area contributed by atoms with E-state index >= 15 is 0 Å². The lowest BCUT2D eigenvalue weighted by molar-refractivity contribution is -0.138. The van der Waals surface area contributed by atoms with Gasteiger partial charge in [-0.2, -0.15) is 13.2 Å². The smallest absolute Gasteiger partial charge is 0.348 e. The summed E-state index contributed by atoms with van der Waals surface area (Å²) in [7, 11) is 0. The van der Waals surface area contributed by atoms with Crippen molar-refractivity contribution in [1.29, 1.82) is 0 Å². The quantitative estimate of drug-likeness (QED) is 0.648. The molecule has 0 aliphatic carbocycles. The Kier molecular flexibility index (Phi) is 3.68. The Morgan fingerprint density at radius 2 is 1.96 bits per heavy atom. The van der Waals surface area contributed by atoms with Gasteiger partial charge in [0.15, 0.2) is 5.82 Å². The van der Waals surface area contributed by atoms with Gasteiger partial charge in [-0.05, 0) is 35.9 Å². The van der Waals surface area contributed by atoms with Crippen LogP contribution in [-0.4, -0.2) is 16.5 Å². The van der Waals surface area contributed by atoms with Crippen LogP contribution in [0.1, 0.15) is 30.0 Å². The maximum atomic E-state index is 13.4. The van der Waals surface area contributed by atoms with E-state index in [0.717, 1.165) is 28.5 Å². The zero-order chi connectivity index (χ0) is 16.7. The molecule has 0 radical (unpaired) electrons. The van der Waals surface area contributed by atoms with Gasteiger partial charge in [0.2, 0.25) is 0 Å². The summed E-state index contributed by atoms with van der Waals surface area (Å²) in [6, 6.07) is 7.43. The molecule has 3 aromatic rings. The number of fused-ring (bicyclic) bond motifs is 1. The monoisotopic (exact) mass is 349 g/mol. The van der Waals surface area contributed by atoms with Gasteiger partial charge < -0.3 is 4.90 Å². The molecule has 0 saturated carbocycles. The number of benzene rings is 1. The van der Waals surface area contributed by atoms with Crippen LogP contribution < -0.4 is 4.90 Å². The number of alkyl halides is 3. The van der Waals surface area contributed by atoms with Crippen LogP contribution in [0.5, 0.6) is 0 Å². The minimum absolute atomic E-state index is 0.317. The molecule has 4 rings (SSSR count). The Labute approximate surface area is 140 Å². The largest absolute Gasteiger partial charge is 0.416 e. The van der Waals surface area contributed by atoms with E-state index in [1.807, 2.05) is 16.3 Å². The lowest BCUT2D eigenvalue weighted by Crippen LogP contribution is -2.25. The van der Waals surface area contributed by atoms with Gasteiger partial charge in [-0.15, -0.1) is 11.3 Å². The van der Waals surface area contributed by atoms with Crippen molar-refractivity contribution < 1.29 is 13.2 Å². The molecule has 0 amide bonds. The third-order valence-electron chi connectivity index (χ3n) is 4.37. The Balaban J connectivity index is 1.81. The van der Waals surface area contributed by atoms with Gasteiger partial charge in [0.05, 0.1) is 21.8 Å². The molecule has 0 spiro atoms. The molecular formula is C17H14F3N3S. The van der Waals surface area contributed by atoms with Gasteiger partial charge >= 0.3 is 6.18 Å². The molecule has 1 saturated heterocycles. The zero-order valence-corrected chi connectivity index (χ0v) is 13.4. The second kappa shape index (κ2) is 5.73. The molecule has 3 heterocycles. The molecule has 1 aliphatic heterocycles. The van der Waals surface area contributed by atoms with E-state index in [1.165, 1.54) is 23.7 Å². The fraction of sp³-hybridized carbons (Fsp3) is 0.294.